The molecule has 3 heterocycles. The van der Waals surface area contributed by atoms with E-state index in [4.69, 9.17) is 15.0 Å². The fourth-order valence-electron chi connectivity index (χ4n) is 8.54. The highest BCUT2D eigenvalue weighted by Crippen LogP contribution is 2.50. The molecule has 264 valence electrons. The number of nitrogens with zero attached hydrogens (tertiary/aromatic N) is 4. The number of fused-ring (bicyclic) bond motifs is 7. The second-order valence-electron chi connectivity index (χ2n) is 14.3. The van der Waals surface area contributed by atoms with Crippen molar-refractivity contribution >= 4 is 70.2 Å². The summed E-state index contributed by atoms with van der Waals surface area (Å²) in [5.74, 6) is 2.01. The molecule has 10 aromatic rings. The van der Waals surface area contributed by atoms with Crippen LogP contribution in [0.25, 0.3) is 81.6 Å². The van der Waals surface area contributed by atoms with Gasteiger partial charge in [-0.25, -0.2) is 15.0 Å². The molecule has 1 aliphatic rings. The zero-order valence-electron chi connectivity index (χ0n) is 30.4. The van der Waals surface area contributed by atoms with E-state index in [9.17, 15) is 0 Å². The third kappa shape index (κ3) is 5.39. The first-order valence-corrected chi connectivity index (χ1v) is 19.9. The Morgan fingerprint density at radius 1 is 0.446 bits per heavy atom. The van der Waals surface area contributed by atoms with Crippen LogP contribution in [0.4, 0.5) is 0 Å². The minimum Gasteiger partial charge on any atom is -0.312 e. The van der Waals surface area contributed by atoms with Crippen LogP contribution in [0.5, 0.6) is 0 Å². The van der Waals surface area contributed by atoms with Crippen LogP contribution in [-0.2, 0) is 0 Å². The van der Waals surface area contributed by atoms with Crippen LogP contribution in [0.3, 0.4) is 0 Å². The zero-order chi connectivity index (χ0) is 37.0. The number of allylic oxidation sites excluding steroid dienone is 4. The van der Waals surface area contributed by atoms with E-state index in [0.29, 0.717) is 23.9 Å². The van der Waals surface area contributed by atoms with E-state index < -0.39 is 0 Å². The first-order valence-electron chi connectivity index (χ1n) is 19.0. The van der Waals surface area contributed by atoms with Crippen molar-refractivity contribution in [3.8, 4) is 22.8 Å². The van der Waals surface area contributed by atoms with Gasteiger partial charge in [-0.3, -0.25) is 0 Å². The summed E-state index contributed by atoms with van der Waals surface area (Å²) >= 11 is 1.87. The number of aromatic nitrogens is 4. The summed E-state index contributed by atoms with van der Waals surface area (Å²) < 4.78 is 5.18. The summed E-state index contributed by atoms with van der Waals surface area (Å²) in [6.45, 7) is 0. The molecular weight excluding hydrogens is 701 g/mol. The van der Waals surface area contributed by atoms with E-state index in [2.05, 4.69) is 156 Å². The molecule has 5 heteroatoms. The molecule has 0 N–H and O–H groups in total. The zero-order valence-corrected chi connectivity index (χ0v) is 31.2. The molecule has 0 amide bonds. The molecule has 1 unspecified atom stereocenters. The monoisotopic (exact) mass is 734 g/mol. The van der Waals surface area contributed by atoms with Crippen LogP contribution in [0.1, 0.15) is 29.3 Å². The minimum atomic E-state index is -0.0163. The Kier molecular flexibility index (Phi) is 7.78. The van der Waals surface area contributed by atoms with Gasteiger partial charge in [0.25, 0.3) is 0 Å². The topological polar surface area (TPSA) is 43.6 Å². The molecule has 3 aromatic heterocycles. The second-order valence-corrected chi connectivity index (χ2v) is 15.4. The van der Waals surface area contributed by atoms with Crippen molar-refractivity contribution in [3.05, 3.63) is 205 Å². The van der Waals surface area contributed by atoms with Gasteiger partial charge < -0.3 is 4.57 Å². The predicted octanol–water partition coefficient (Wildman–Crippen LogP) is 13.3. The third-order valence-electron chi connectivity index (χ3n) is 11.0. The Bertz CT molecular complexity index is 3090. The van der Waals surface area contributed by atoms with Crippen LogP contribution in [0.2, 0.25) is 0 Å². The summed E-state index contributed by atoms with van der Waals surface area (Å²) in [5.41, 5.74) is 10.2. The summed E-state index contributed by atoms with van der Waals surface area (Å²) in [6, 6.07) is 64.7. The van der Waals surface area contributed by atoms with Gasteiger partial charge in [0.1, 0.15) is 0 Å². The average Bonchev–Trinajstić information content (AvgIpc) is 3.82. The lowest BCUT2D eigenvalue weighted by molar-refractivity contribution is 0.835. The van der Waals surface area contributed by atoms with Crippen LogP contribution >= 0.6 is 11.3 Å². The van der Waals surface area contributed by atoms with Gasteiger partial charge in [-0.05, 0) is 53.5 Å². The quantitative estimate of drug-likeness (QED) is 0.171. The van der Waals surface area contributed by atoms with Crippen molar-refractivity contribution in [2.75, 3.05) is 0 Å². The highest BCUT2D eigenvalue weighted by atomic mass is 32.1. The van der Waals surface area contributed by atoms with E-state index in [1.165, 1.54) is 53.2 Å². The fourth-order valence-corrected chi connectivity index (χ4v) is 9.65. The standard InChI is InChI=1S/C51H34N4S/c1-5-17-33(18-6-1)40-31-37(51-53-49(35-21-9-3-10-22-35)52-50(54-51)36-23-11-4-12-24-36)32-41(34-19-7-2-8-20-34)48(40)55-42-27-15-13-25-38(42)46-43(55)29-30-45-47(46)39-26-14-16-28-44(39)56-45/h1-31,41H,32H2. The van der Waals surface area contributed by atoms with Crippen molar-refractivity contribution in [1.29, 1.82) is 0 Å². The number of benzene rings is 7. The van der Waals surface area contributed by atoms with Gasteiger partial charge in [-0.1, -0.05) is 158 Å². The molecule has 0 saturated heterocycles. The van der Waals surface area contributed by atoms with Crippen molar-refractivity contribution in [1.82, 2.24) is 19.5 Å². The maximum absolute atomic E-state index is 5.24. The molecule has 56 heavy (non-hydrogen) atoms. The molecule has 0 aliphatic heterocycles. The maximum Gasteiger partial charge on any atom is 0.164 e. The molecule has 7 aromatic carbocycles. The van der Waals surface area contributed by atoms with Crippen LogP contribution in [-0.4, -0.2) is 19.5 Å². The smallest absolute Gasteiger partial charge is 0.164 e. The SMILES string of the molecule is C1=C(c2nc(-c3ccccc3)nc(-c3ccccc3)n2)CC(c2ccccc2)C(n2c3ccccc3c3c4c(ccc32)sc2ccccc24)=C1c1ccccc1. The van der Waals surface area contributed by atoms with E-state index >= 15 is 0 Å². The largest absolute Gasteiger partial charge is 0.312 e. The van der Waals surface area contributed by atoms with E-state index in [0.717, 1.165) is 27.8 Å². The van der Waals surface area contributed by atoms with Gasteiger partial charge >= 0.3 is 0 Å². The van der Waals surface area contributed by atoms with Gasteiger partial charge in [0.2, 0.25) is 0 Å². The van der Waals surface area contributed by atoms with E-state index in [-0.39, 0.29) is 5.92 Å². The number of thiophene rings is 1. The Morgan fingerprint density at radius 3 is 1.68 bits per heavy atom. The van der Waals surface area contributed by atoms with E-state index in [1.54, 1.807) is 0 Å². The average molecular weight is 735 g/mol. The van der Waals surface area contributed by atoms with Crippen LogP contribution < -0.4 is 0 Å². The molecule has 1 aliphatic carbocycles. The molecule has 0 fully saturated rings. The molecule has 0 spiro atoms. The van der Waals surface area contributed by atoms with Crippen molar-refractivity contribution in [3.63, 3.8) is 0 Å². The Labute approximate surface area is 328 Å². The molecular formula is C51H34N4S. The van der Waals surface area contributed by atoms with Gasteiger partial charge in [0, 0.05) is 59.3 Å². The Morgan fingerprint density at radius 2 is 1.00 bits per heavy atom. The molecule has 4 nitrogen and oxygen atoms in total. The summed E-state index contributed by atoms with van der Waals surface area (Å²) in [4.78, 5) is 15.5. The highest BCUT2D eigenvalue weighted by molar-refractivity contribution is 7.26. The molecule has 0 bridgehead atoms. The van der Waals surface area contributed by atoms with Crippen molar-refractivity contribution in [2.24, 2.45) is 0 Å². The molecule has 1 atom stereocenters. The normalized spacial score (nSPS) is 14.6. The van der Waals surface area contributed by atoms with E-state index in [1.807, 2.05) is 47.7 Å². The second kappa shape index (κ2) is 13.4. The predicted molar refractivity (Wildman–Crippen MR) is 234 cm³/mol. The van der Waals surface area contributed by atoms with Crippen molar-refractivity contribution in [2.45, 2.75) is 12.3 Å². The summed E-state index contributed by atoms with van der Waals surface area (Å²) in [6.07, 6.45) is 3.06. The molecule has 11 rings (SSSR count). The Hall–Kier alpha value is -6.95. The lowest BCUT2D eigenvalue weighted by Gasteiger charge is -2.31. The van der Waals surface area contributed by atoms with Crippen LogP contribution in [0, 0.1) is 0 Å². The molecule has 0 radical (unpaired) electrons. The van der Waals surface area contributed by atoms with Gasteiger partial charge in [0.15, 0.2) is 17.5 Å². The Balaban J connectivity index is 1.24. The third-order valence-corrected chi connectivity index (χ3v) is 12.2. The number of para-hydroxylation sites is 1. The fraction of sp³-hybridized carbons (Fsp3) is 0.0392. The summed E-state index contributed by atoms with van der Waals surface area (Å²) in [5, 5.41) is 5.20. The van der Waals surface area contributed by atoms with Crippen LogP contribution in [0.15, 0.2) is 188 Å². The lowest BCUT2D eigenvalue weighted by Crippen LogP contribution is -2.16. The maximum atomic E-state index is 5.24. The van der Waals surface area contributed by atoms with Gasteiger partial charge in [0.05, 0.1) is 11.0 Å². The summed E-state index contributed by atoms with van der Waals surface area (Å²) in [7, 11) is 0. The van der Waals surface area contributed by atoms with Gasteiger partial charge in [-0.2, -0.15) is 0 Å². The van der Waals surface area contributed by atoms with Gasteiger partial charge in [-0.15, -0.1) is 11.3 Å². The van der Waals surface area contributed by atoms with Crippen molar-refractivity contribution < 1.29 is 0 Å². The lowest BCUT2D eigenvalue weighted by atomic mass is 9.80. The number of hydrogen-bond donors (Lipinski definition) is 0. The first kappa shape index (κ1) is 32.5. The molecule has 0 saturated carbocycles. The first-order chi connectivity index (χ1) is 27.8. The number of rotatable bonds is 6. The number of hydrogen-bond acceptors (Lipinski definition) is 4. The highest BCUT2D eigenvalue weighted by Gasteiger charge is 2.32. The minimum absolute atomic E-state index is 0.0163.